The molecule has 0 bridgehead atoms. The standard InChI is InChI=1S/C24H25ClFN3O2S/c1-16-20(17(2)31-27-16)15-32-23-9-4-3-6-18(23)24(30)29-12-10-28(11-13-29)14-19-21(25)7-5-8-22(19)26/h3-9H,10-15H2,1-2H3. The van der Waals surface area contributed by atoms with Gasteiger partial charge < -0.3 is 9.42 Å². The van der Waals surface area contributed by atoms with E-state index in [1.807, 2.05) is 43.0 Å². The summed E-state index contributed by atoms with van der Waals surface area (Å²) >= 11 is 7.78. The molecule has 1 amide bonds. The minimum Gasteiger partial charge on any atom is -0.361 e. The first-order valence-electron chi connectivity index (χ1n) is 10.5. The largest absolute Gasteiger partial charge is 0.361 e. The maximum Gasteiger partial charge on any atom is 0.255 e. The van der Waals surface area contributed by atoms with Crippen LogP contribution in [-0.2, 0) is 12.3 Å². The molecule has 0 N–H and O–H groups in total. The highest BCUT2D eigenvalue weighted by molar-refractivity contribution is 7.98. The molecule has 1 fully saturated rings. The fourth-order valence-corrected chi connectivity index (χ4v) is 5.23. The number of hydrogen-bond acceptors (Lipinski definition) is 5. The average Bonchev–Trinajstić information content (AvgIpc) is 3.12. The zero-order chi connectivity index (χ0) is 22.7. The van der Waals surface area contributed by atoms with Gasteiger partial charge >= 0.3 is 0 Å². The number of carbonyl (C=O) groups excluding carboxylic acids is 1. The van der Waals surface area contributed by atoms with E-state index in [-0.39, 0.29) is 11.7 Å². The summed E-state index contributed by atoms with van der Waals surface area (Å²) < 4.78 is 19.4. The molecule has 2 aromatic carbocycles. The summed E-state index contributed by atoms with van der Waals surface area (Å²) in [6, 6.07) is 12.4. The first-order valence-corrected chi connectivity index (χ1v) is 11.9. The zero-order valence-corrected chi connectivity index (χ0v) is 19.7. The molecule has 3 aromatic rings. The predicted molar refractivity (Wildman–Crippen MR) is 125 cm³/mol. The highest BCUT2D eigenvalue weighted by atomic mass is 35.5. The van der Waals surface area contributed by atoms with Gasteiger partial charge in [0.25, 0.3) is 5.91 Å². The molecule has 1 aromatic heterocycles. The molecule has 1 aliphatic rings. The van der Waals surface area contributed by atoms with Crippen molar-refractivity contribution in [1.29, 1.82) is 0 Å². The zero-order valence-electron chi connectivity index (χ0n) is 18.1. The lowest BCUT2D eigenvalue weighted by Gasteiger charge is -2.35. The number of thioether (sulfide) groups is 1. The van der Waals surface area contributed by atoms with E-state index in [9.17, 15) is 9.18 Å². The lowest BCUT2D eigenvalue weighted by Crippen LogP contribution is -2.48. The molecule has 2 heterocycles. The summed E-state index contributed by atoms with van der Waals surface area (Å²) in [6.45, 7) is 6.80. The van der Waals surface area contributed by atoms with Crippen LogP contribution < -0.4 is 0 Å². The van der Waals surface area contributed by atoms with Crippen LogP contribution in [0.5, 0.6) is 0 Å². The van der Waals surface area contributed by atoms with E-state index in [2.05, 4.69) is 10.1 Å². The van der Waals surface area contributed by atoms with E-state index >= 15 is 0 Å². The third-order valence-corrected chi connectivity index (χ3v) is 7.23. The number of carbonyl (C=O) groups is 1. The van der Waals surface area contributed by atoms with Crippen molar-refractivity contribution in [2.45, 2.75) is 31.0 Å². The van der Waals surface area contributed by atoms with Gasteiger partial charge in [0.05, 0.1) is 11.3 Å². The molecule has 0 saturated carbocycles. The maximum absolute atomic E-state index is 14.1. The average molecular weight is 474 g/mol. The number of hydrogen-bond donors (Lipinski definition) is 0. The van der Waals surface area contributed by atoms with Gasteiger partial charge in [-0.25, -0.2) is 4.39 Å². The Labute approximate surface area is 196 Å². The van der Waals surface area contributed by atoms with Gasteiger partial charge in [-0.15, -0.1) is 11.8 Å². The topological polar surface area (TPSA) is 49.6 Å². The number of rotatable bonds is 6. The molecule has 5 nitrogen and oxygen atoms in total. The van der Waals surface area contributed by atoms with Gasteiger partial charge in [0.2, 0.25) is 0 Å². The van der Waals surface area contributed by atoms with E-state index in [1.54, 1.807) is 23.9 Å². The van der Waals surface area contributed by atoms with Gasteiger partial charge in [0.15, 0.2) is 0 Å². The lowest BCUT2D eigenvalue weighted by molar-refractivity contribution is 0.0623. The Kier molecular flexibility index (Phi) is 7.18. The van der Waals surface area contributed by atoms with Gasteiger partial charge in [0.1, 0.15) is 11.6 Å². The normalized spacial score (nSPS) is 14.7. The van der Waals surface area contributed by atoms with E-state index in [4.69, 9.17) is 16.1 Å². The van der Waals surface area contributed by atoms with Crippen LogP contribution in [0.2, 0.25) is 5.02 Å². The number of aromatic nitrogens is 1. The van der Waals surface area contributed by atoms with Crippen LogP contribution in [0.3, 0.4) is 0 Å². The van der Waals surface area contributed by atoms with Gasteiger partial charge in [-0.05, 0) is 38.1 Å². The Hall–Kier alpha value is -2.35. The Morgan fingerprint density at radius 2 is 1.84 bits per heavy atom. The number of benzene rings is 2. The van der Waals surface area contributed by atoms with Crippen LogP contribution in [0.15, 0.2) is 51.9 Å². The second-order valence-corrected chi connectivity index (χ2v) is 9.28. The third kappa shape index (κ3) is 5.00. The second kappa shape index (κ2) is 10.1. The van der Waals surface area contributed by atoms with Crippen molar-refractivity contribution in [3.05, 3.63) is 81.4 Å². The van der Waals surface area contributed by atoms with Crippen LogP contribution in [0.1, 0.15) is 32.9 Å². The van der Waals surface area contributed by atoms with Gasteiger partial charge in [-0.3, -0.25) is 9.69 Å². The van der Waals surface area contributed by atoms with Crippen LogP contribution in [0.25, 0.3) is 0 Å². The third-order valence-electron chi connectivity index (χ3n) is 5.77. The van der Waals surface area contributed by atoms with E-state index < -0.39 is 0 Å². The van der Waals surface area contributed by atoms with Crippen LogP contribution >= 0.6 is 23.4 Å². The summed E-state index contributed by atoms with van der Waals surface area (Å²) in [5.41, 5.74) is 3.16. The summed E-state index contributed by atoms with van der Waals surface area (Å²) in [6.07, 6.45) is 0. The quantitative estimate of drug-likeness (QED) is 0.452. The summed E-state index contributed by atoms with van der Waals surface area (Å²) in [4.78, 5) is 18.2. The Morgan fingerprint density at radius 3 is 2.53 bits per heavy atom. The van der Waals surface area contributed by atoms with Crippen LogP contribution in [-0.4, -0.2) is 47.0 Å². The minimum atomic E-state index is -0.291. The summed E-state index contributed by atoms with van der Waals surface area (Å²) in [5.74, 6) is 1.24. The fraction of sp³-hybridized carbons (Fsp3) is 0.333. The molecule has 0 radical (unpaired) electrons. The van der Waals surface area contributed by atoms with Crippen LogP contribution in [0.4, 0.5) is 4.39 Å². The molecule has 0 spiro atoms. The number of halogens is 2. The molecule has 1 saturated heterocycles. The number of piperazine rings is 1. The Morgan fingerprint density at radius 1 is 1.09 bits per heavy atom. The molecule has 1 aliphatic heterocycles. The van der Waals surface area contributed by atoms with E-state index in [1.165, 1.54) is 6.07 Å². The Balaban J connectivity index is 1.39. The first kappa shape index (κ1) is 22.8. The van der Waals surface area contributed by atoms with Gasteiger partial charge in [0, 0.05) is 59.5 Å². The summed E-state index contributed by atoms with van der Waals surface area (Å²) in [7, 11) is 0. The molecule has 32 heavy (non-hydrogen) atoms. The molecule has 8 heteroatoms. The Bertz CT molecular complexity index is 1070. The molecular formula is C24H25ClFN3O2S. The number of amides is 1. The van der Waals surface area contributed by atoms with Crippen molar-refractivity contribution in [2.24, 2.45) is 0 Å². The summed E-state index contributed by atoms with van der Waals surface area (Å²) in [5, 5.41) is 4.45. The predicted octanol–water partition coefficient (Wildman–Crippen LogP) is 5.33. The van der Waals surface area contributed by atoms with Gasteiger partial charge in [-0.1, -0.05) is 35.0 Å². The SMILES string of the molecule is Cc1noc(C)c1CSc1ccccc1C(=O)N1CCN(Cc2c(F)cccc2Cl)CC1. The second-order valence-electron chi connectivity index (χ2n) is 7.86. The molecular weight excluding hydrogens is 449 g/mol. The smallest absolute Gasteiger partial charge is 0.255 e. The molecule has 4 rings (SSSR count). The van der Waals surface area contributed by atoms with E-state index in [0.717, 1.165) is 21.9 Å². The van der Waals surface area contributed by atoms with Crippen molar-refractivity contribution in [3.63, 3.8) is 0 Å². The molecule has 0 atom stereocenters. The number of aryl methyl sites for hydroxylation is 2. The molecule has 0 unspecified atom stereocenters. The van der Waals surface area contributed by atoms with Crippen molar-refractivity contribution in [1.82, 2.24) is 15.0 Å². The van der Waals surface area contributed by atoms with Crippen molar-refractivity contribution >= 4 is 29.3 Å². The first-order chi connectivity index (χ1) is 15.4. The maximum atomic E-state index is 14.1. The van der Waals surface area contributed by atoms with E-state index in [0.29, 0.717) is 54.6 Å². The lowest BCUT2D eigenvalue weighted by atomic mass is 10.1. The van der Waals surface area contributed by atoms with Crippen molar-refractivity contribution in [3.8, 4) is 0 Å². The molecule has 168 valence electrons. The minimum absolute atomic E-state index is 0.0236. The molecule has 0 aliphatic carbocycles. The highest BCUT2D eigenvalue weighted by Gasteiger charge is 2.25. The van der Waals surface area contributed by atoms with Crippen molar-refractivity contribution in [2.75, 3.05) is 26.2 Å². The van der Waals surface area contributed by atoms with Crippen molar-refractivity contribution < 1.29 is 13.7 Å². The fourth-order valence-electron chi connectivity index (χ4n) is 3.81. The van der Waals surface area contributed by atoms with Crippen LogP contribution in [0, 0.1) is 19.7 Å². The van der Waals surface area contributed by atoms with Gasteiger partial charge in [-0.2, -0.15) is 0 Å². The highest BCUT2D eigenvalue weighted by Crippen LogP contribution is 2.30. The monoisotopic (exact) mass is 473 g/mol. The number of nitrogens with zero attached hydrogens (tertiary/aromatic N) is 3.